The number of nitro groups is 1. The van der Waals surface area contributed by atoms with Crippen molar-refractivity contribution in [3.05, 3.63) is 27.9 Å². The van der Waals surface area contributed by atoms with Crippen molar-refractivity contribution in [1.82, 2.24) is 9.71 Å². The van der Waals surface area contributed by atoms with Gasteiger partial charge in [0.05, 0.1) is 11.2 Å². The first-order valence-corrected chi connectivity index (χ1v) is 7.49. The normalized spacial score (nSPS) is 11.3. The van der Waals surface area contributed by atoms with Crippen LogP contribution < -0.4 is 10.0 Å². The largest absolute Gasteiger partial charge is 0.370 e. The molecule has 1 aromatic rings. The van der Waals surface area contributed by atoms with Gasteiger partial charge in [0.15, 0.2) is 0 Å². The molecule has 0 unspecified atom stereocenters. The fourth-order valence-electron chi connectivity index (χ4n) is 1.41. The molecule has 0 atom stereocenters. The lowest BCUT2D eigenvalue weighted by atomic mass is 10.3. The Bertz CT molecular complexity index is 559. The van der Waals surface area contributed by atoms with Crippen LogP contribution in [0.25, 0.3) is 0 Å². The first-order valence-electron chi connectivity index (χ1n) is 5.60. The maximum Gasteiger partial charge on any atom is 0.290 e. The summed E-state index contributed by atoms with van der Waals surface area (Å²) in [4.78, 5) is 14.2. The molecule has 0 aromatic carbocycles. The maximum atomic E-state index is 10.8. The average molecular weight is 288 g/mol. The van der Waals surface area contributed by atoms with Gasteiger partial charge in [-0.25, -0.2) is 18.1 Å². The minimum Gasteiger partial charge on any atom is -0.370 e. The summed E-state index contributed by atoms with van der Waals surface area (Å²) >= 11 is 0. The smallest absolute Gasteiger partial charge is 0.290 e. The van der Waals surface area contributed by atoms with Gasteiger partial charge in [-0.2, -0.15) is 0 Å². The van der Waals surface area contributed by atoms with Crippen LogP contribution in [0.3, 0.4) is 0 Å². The molecule has 19 heavy (non-hydrogen) atoms. The summed E-state index contributed by atoms with van der Waals surface area (Å²) in [6, 6.07) is 2.91. The first-order chi connectivity index (χ1) is 8.79. The Labute approximate surface area is 111 Å². The third-order valence-electron chi connectivity index (χ3n) is 2.28. The zero-order valence-electron chi connectivity index (χ0n) is 10.7. The summed E-state index contributed by atoms with van der Waals surface area (Å²) in [6.45, 7) is 2.42. The number of pyridine rings is 1. The van der Waals surface area contributed by atoms with Crippen LogP contribution in [0.15, 0.2) is 12.1 Å². The van der Waals surface area contributed by atoms with Crippen LogP contribution in [0.1, 0.15) is 12.1 Å². The number of hydrogen-bond donors (Lipinski definition) is 2. The summed E-state index contributed by atoms with van der Waals surface area (Å²) in [6.07, 6.45) is 1.69. The third kappa shape index (κ3) is 5.62. The van der Waals surface area contributed by atoms with Crippen LogP contribution in [-0.2, 0) is 10.0 Å². The summed E-state index contributed by atoms with van der Waals surface area (Å²) in [5.41, 5.74) is 0.313. The molecule has 8 nitrogen and oxygen atoms in total. The quantitative estimate of drug-likeness (QED) is 0.432. The Kier molecular flexibility index (Phi) is 5.19. The van der Waals surface area contributed by atoms with Crippen molar-refractivity contribution in [2.45, 2.75) is 13.3 Å². The Hall–Kier alpha value is -1.74. The summed E-state index contributed by atoms with van der Waals surface area (Å²) < 4.78 is 24.0. The van der Waals surface area contributed by atoms with Crippen molar-refractivity contribution in [3.8, 4) is 0 Å². The number of hydrogen-bond acceptors (Lipinski definition) is 6. The lowest BCUT2D eigenvalue weighted by Crippen LogP contribution is -2.24. The molecule has 0 radical (unpaired) electrons. The molecular formula is C10H16N4O4S. The molecule has 0 aliphatic heterocycles. The van der Waals surface area contributed by atoms with Gasteiger partial charge < -0.3 is 5.32 Å². The molecule has 0 saturated heterocycles. The summed E-state index contributed by atoms with van der Waals surface area (Å²) in [7, 11) is -3.16. The molecule has 0 fully saturated rings. The van der Waals surface area contributed by atoms with Crippen molar-refractivity contribution in [1.29, 1.82) is 0 Å². The minimum absolute atomic E-state index is 0.0238. The van der Waals surface area contributed by atoms with E-state index in [1.54, 1.807) is 6.92 Å². The SMILES string of the molecule is Cc1nc(NCCCNS(C)(=O)=O)ccc1[N+](=O)[O-]. The monoisotopic (exact) mass is 288 g/mol. The second-order valence-electron chi connectivity index (χ2n) is 4.00. The lowest BCUT2D eigenvalue weighted by Gasteiger charge is -2.06. The fourth-order valence-corrected chi connectivity index (χ4v) is 1.92. The van der Waals surface area contributed by atoms with Crippen LogP contribution in [0.2, 0.25) is 0 Å². The molecule has 1 heterocycles. The van der Waals surface area contributed by atoms with Gasteiger partial charge in [-0.1, -0.05) is 0 Å². The Balaban J connectivity index is 2.42. The lowest BCUT2D eigenvalue weighted by molar-refractivity contribution is -0.385. The number of nitrogens with one attached hydrogen (secondary N) is 2. The topological polar surface area (TPSA) is 114 Å². The van der Waals surface area contributed by atoms with Crippen molar-refractivity contribution < 1.29 is 13.3 Å². The molecule has 0 bridgehead atoms. The van der Waals surface area contributed by atoms with Crippen molar-refractivity contribution >= 4 is 21.5 Å². The maximum absolute atomic E-state index is 10.8. The van der Waals surface area contributed by atoms with E-state index in [0.717, 1.165) is 6.26 Å². The van der Waals surface area contributed by atoms with E-state index in [-0.39, 0.29) is 5.69 Å². The molecule has 0 amide bonds. The van der Waals surface area contributed by atoms with Crippen LogP contribution >= 0.6 is 0 Å². The predicted octanol–water partition coefficient (Wildman–Crippen LogP) is 0.649. The molecule has 1 aromatic heterocycles. The highest BCUT2D eigenvalue weighted by Gasteiger charge is 2.11. The van der Waals surface area contributed by atoms with E-state index in [1.165, 1.54) is 12.1 Å². The second-order valence-corrected chi connectivity index (χ2v) is 5.84. The van der Waals surface area contributed by atoms with Gasteiger partial charge in [-0.15, -0.1) is 0 Å². The van der Waals surface area contributed by atoms with E-state index in [0.29, 0.717) is 31.0 Å². The van der Waals surface area contributed by atoms with E-state index in [4.69, 9.17) is 0 Å². The molecule has 1 rings (SSSR count). The van der Waals surface area contributed by atoms with Crippen LogP contribution in [0, 0.1) is 17.0 Å². The minimum atomic E-state index is -3.16. The molecular weight excluding hydrogens is 272 g/mol. The standard InChI is InChI=1S/C10H16N4O4S/c1-8-9(14(15)16)4-5-10(13-8)11-6-3-7-12-19(2,17)18/h4-5,12H,3,6-7H2,1-2H3,(H,11,13). The van der Waals surface area contributed by atoms with Gasteiger partial charge >= 0.3 is 0 Å². The average Bonchev–Trinajstić information content (AvgIpc) is 2.26. The van der Waals surface area contributed by atoms with E-state index in [1.807, 2.05) is 0 Å². The molecule has 0 spiro atoms. The summed E-state index contributed by atoms with van der Waals surface area (Å²) in [5, 5.41) is 13.6. The predicted molar refractivity (Wildman–Crippen MR) is 71.6 cm³/mol. The van der Waals surface area contributed by atoms with E-state index in [9.17, 15) is 18.5 Å². The molecule has 0 aliphatic rings. The highest BCUT2D eigenvalue weighted by Crippen LogP contribution is 2.17. The molecule has 9 heteroatoms. The highest BCUT2D eigenvalue weighted by atomic mass is 32.2. The number of anilines is 1. The number of rotatable bonds is 7. The van der Waals surface area contributed by atoms with Crippen LogP contribution in [0.4, 0.5) is 11.5 Å². The van der Waals surface area contributed by atoms with Gasteiger partial charge in [0.2, 0.25) is 10.0 Å². The third-order valence-corrected chi connectivity index (χ3v) is 3.01. The zero-order chi connectivity index (χ0) is 14.5. The molecule has 2 N–H and O–H groups in total. The van der Waals surface area contributed by atoms with Crippen LogP contribution in [-0.4, -0.2) is 37.7 Å². The number of nitrogens with zero attached hydrogens (tertiary/aromatic N) is 2. The second kappa shape index (κ2) is 6.43. The van der Waals surface area contributed by atoms with Gasteiger partial charge in [0, 0.05) is 19.2 Å². The van der Waals surface area contributed by atoms with Crippen molar-refractivity contribution in [3.63, 3.8) is 0 Å². The Morgan fingerprint density at radius 3 is 2.58 bits per heavy atom. The number of aromatic nitrogens is 1. The van der Waals surface area contributed by atoms with Crippen molar-refractivity contribution in [2.75, 3.05) is 24.7 Å². The molecule has 106 valence electrons. The Morgan fingerprint density at radius 2 is 2.05 bits per heavy atom. The van der Waals surface area contributed by atoms with Crippen molar-refractivity contribution in [2.24, 2.45) is 0 Å². The number of sulfonamides is 1. The van der Waals surface area contributed by atoms with E-state index in [2.05, 4.69) is 15.0 Å². The Morgan fingerprint density at radius 1 is 1.37 bits per heavy atom. The summed E-state index contributed by atoms with van der Waals surface area (Å²) in [5.74, 6) is 0.530. The van der Waals surface area contributed by atoms with Crippen LogP contribution in [0.5, 0.6) is 0 Å². The molecule has 0 aliphatic carbocycles. The van der Waals surface area contributed by atoms with Gasteiger partial charge in [0.25, 0.3) is 5.69 Å². The van der Waals surface area contributed by atoms with Gasteiger partial charge in [-0.3, -0.25) is 10.1 Å². The van der Waals surface area contributed by atoms with Gasteiger partial charge in [0.1, 0.15) is 11.5 Å². The number of aryl methyl sites for hydroxylation is 1. The van der Waals surface area contributed by atoms with E-state index < -0.39 is 14.9 Å². The van der Waals surface area contributed by atoms with Gasteiger partial charge in [-0.05, 0) is 19.4 Å². The fraction of sp³-hybridized carbons (Fsp3) is 0.500. The zero-order valence-corrected chi connectivity index (χ0v) is 11.5. The first kappa shape index (κ1) is 15.3. The van der Waals surface area contributed by atoms with E-state index >= 15 is 0 Å². The molecule has 0 saturated carbocycles. The highest BCUT2D eigenvalue weighted by molar-refractivity contribution is 7.88.